The van der Waals surface area contributed by atoms with Gasteiger partial charge < -0.3 is 14.9 Å². The Bertz CT molecular complexity index is 533. The Morgan fingerprint density at radius 2 is 2.19 bits per heavy atom. The predicted octanol–water partition coefficient (Wildman–Crippen LogP) is 1.24. The average molecular weight is 289 g/mol. The van der Waals surface area contributed by atoms with E-state index >= 15 is 0 Å². The zero-order valence-corrected chi connectivity index (χ0v) is 12.7. The first-order valence-electron chi connectivity index (χ1n) is 7.31. The number of likely N-dealkylation sites (tertiary alicyclic amines) is 1. The van der Waals surface area contributed by atoms with E-state index in [0.717, 1.165) is 30.6 Å². The van der Waals surface area contributed by atoms with Crippen molar-refractivity contribution in [2.24, 2.45) is 5.92 Å². The van der Waals surface area contributed by atoms with Crippen molar-refractivity contribution < 1.29 is 14.9 Å². The molecule has 0 saturated carbocycles. The van der Waals surface area contributed by atoms with Gasteiger partial charge in [-0.05, 0) is 36.6 Å². The number of nitrogens with zero attached hydrogens (tertiary/aromatic N) is 1. The average Bonchev–Trinajstić information content (AvgIpc) is 2.85. The van der Waals surface area contributed by atoms with Crippen LogP contribution in [-0.4, -0.2) is 48.0 Å². The van der Waals surface area contributed by atoms with Gasteiger partial charge in [-0.1, -0.05) is 24.8 Å². The summed E-state index contributed by atoms with van der Waals surface area (Å²) in [7, 11) is 1.61. The molecule has 21 heavy (non-hydrogen) atoms. The van der Waals surface area contributed by atoms with Gasteiger partial charge in [-0.15, -0.1) is 0 Å². The maximum absolute atomic E-state index is 9.53. The summed E-state index contributed by atoms with van der Waals surface area (Å²) in [6, 6.07) is 6.17. The van der Waals surface area contributed by atoms with Gasteiger partial charge in [-0.2, -0.15) is 0 Å². The largest absolute Gasteiger partial charge is 0.495 e. The first-order valence-corrected chi connectivity index (χ1v) is 7.31. The van der Waals surface area contributed by atoms with Crippen molar-refractivity contribution in [3.8, 4) is 17.6 Å². The highest BCUT2D eigenvalue weighted by Gasteiger charge is 2.30. The molecule has 2 unspecified atom stereocenters. The molecule has 0 aliphatic carbocycles. The quantitative estimate of drug-likeness (QED) is 0.819. The topological polar surface area (TPSA) is 52.9 Å². The highest BCUT2D eigenvalue weighted by Crippen LogP contribution is 2.26. The monoisotopic (exact) mass is 289 g/mol. The minimum Gasteiger partial charge on any atom is -0.495 e. The number of rotatable bonds is 4. The fourth-order valence-electron chi connectivity index (χ4n) is 2.90. The molecule has 1 aliphatic rings. The van der Waals surface area contributed by atoms with Crippen molar-refractivity contribution in [1.82, 2.24) is 4.90 Å². The lowest BCUT2D eigenvalue weighted by Gasteiger charge is -2.25. The SMILES string of the molecule is COc1ccc(CN2CCC(C)C2CO)cc1C#CCO. The summed E-state index contributed by atoms with van der Waals surface area (Å²) in [6.45, 7) is 4.04. The van der Waals surface area contributed by atoms with Crippen LogP contribution in [-0.2, 0) is 6.54 Å². The molecule has 0 spiro atoms. The predicted molar refractivity (Wildman–Crippen MR) is 82.0 cm³/mol. The van der Waals surface area contributed by atoms with Crippen LogP contribution in [0.15, 0.2) is 18.2 Å². The standard InChI is InChI=1S/C17H23NO3/c1-13-7-8-18(16(13)12-20)11-14-5-6-17(21-2)15(10-14)4-3-9-19/h5-6,10,13,16,19-20H,7-9,11-12H2,1-2H3. The van der Waals surface area contributed by atoms with Gasteiger partial charge in [0.05, 0.1) is 19.3 Å². The third-order valence-corrected chi connectivity index (χ3v) is 4.14. The molecule has 1 aromatic carbocycles. The van der Waals surface area contributed by atoms with Crippen LogP contribution in [0.3, 0.4) is 0 Å². The van der Waals surface area contributed by atoms with Gasteiger partial charge in [0, 0.05) is 12.6 Å². The molecule has 2 N–H and O–H groups in total. The van der Waals surface area contributed by atoms with Crippen molar-refractivity contribution in [3.05, 3.63) is 29.3 Å². The Balaban J connectivity index is 2.17. The highest BCUT2D eigenvalue weighted by atomic mass is 16.5. The van der Waals surface area contributed by atoms with Crippen molar-refractivity contribution in [2.75, 3.05) is 26.9 Å². The van der Waals surface area contributed by atoms with Crippen molar-refractivity contribution in [1.29, 1.82) is 0 Å². The second-order valence-corrected chi connectivity index (χ2v) is 5.48. The Labute approximate surface area is 126 Å². The number of benzene rings is 1. The fourth-order valence-corrected chi connectivity index (χ4v) is 2.90. The van der Waals surface area contributed by atoms with E-state index in [-0.39, 0.29) is 19.3 Å². The number of methoxy groups -OCH3 is 1. The van der Waals surface area contributed by atoms with Crippen LogP contribution < -0.4 is 4.74 Å². The van der Waals surface area contributed by atoms with Crippen LogP contribution in [0.5, 0.6) is 5.75 Å². The van der Waals surface area contributed by atoms with Gasteiger partial charge in [-0.25, -0.2) is 0 Å². The van der Waals surface area contributed by atoms with Gasteiger partial charge >= 0.3 is 0 Å². The zero-order chi connectivity index (χ0) is 15.2. The summed E-state index contributed by atoms with van der Waals surface area (Å²) < 4.78 is 5.29. The van der Waals surface area contributed by atoms with Crippen LogP contribution in [0.4, 0.5) is 0 Å². The van der Waals surface area contributed by atoms with E-state index in [4.69, 9.17) is 9.84 Å². The molecule has 4 heteroatoms. The van der Waals surface area contributed by atoms with E-state index in [9.17, 15) is 5.11 Å². The van der Waals surface area contributed by atoms with E-state index in [0.29, 0.717) is 11.7 Å². The minimum absolute atomic E-state index is 0.163. The molecular weight excluding hydrogens is 266 g/mol. The van der Waals surface area contributed by atoms with Gasteiger partial charge in [-0.3, -0.25) is 4.90 Å². The van der Waals surface area contributed by atoms with E-state index < -0.39 is 0 Å². The molecule has 0 aromatic heterocycles. The lowest BCUT2D eigenvalue weighted by Crippen LogP contribution is -2.34. The van der Waals surface area contributed by atoms with E-state index in [1.807, 2.05) is 18.2 Å². The maximum Gasteiger partial charge on any atom is 0.134 e. The molecule has 0 radical (unpaired) electrons. The molecule has 2 atom stereocenters. The summed E-state index contributed by atoms with van der Waals surface area (Å²) in [5.41, 5.74) is 1.93. The molecule has 1 saturated heterocycles. The second-order valence-electron chi connectivity index (χ2n) is 5.48. The molecule has 2 rings (SSSR count). The van der Waals surface area contributed by atoms with Crippen LogP contribution >= 0.6 is 0 Å². The van der Waals surface area contributed by atoms with Gasteiger partial charge in [0.2, 0.25) is 0 Å². The second kappa shape index (κ2) is 7.46. The van der Waals surface area contributed by atoms with E-state index in [1.165, 1.54) is 0 Å². The lowest BCUT2D eigenvalue weighted by atomic mass is 10.0. The van der Waals surface area contributed by atoms with Gasteiger partial charge in [0.15, 0.2) is 0 Å². The summed E-state index contributed by atoms with van der Waals surface area (Å²) in [6.07, 6.45) is 1.12. The summed E-state index contributed by atoms with van der Waals surface area (Å²) in [5, 5.41) is 18.4. The molecule has 0 bridgehead atoms. The van der Waals surface area contributed by atoms with Gasteiger partial charge in [0.1, 0.15) is 12.4 Å². The van der Waals surface area contributed by atoms with Gasteiger partial charge in [0.25, 0.3) is 0 Å². The van der Waals surface area contributed by atoms with Crippen LogP contribution in [0.25, 0.3) is 0 Å². The van der Waals surface area contributed by atoms with Crippen molar-refractivity contribution in [2.45, 2.75) is 25.9 Å². The summed E-state index contributed by atoms with van der Waals surface area (Å²) >= 11 is 0. The molecule has 4 nitrogen and oxygen atoms in total. The molecule has 1 aliphatic heterocycles. The third-order valence-electron chi connectivity index (χ3n) is 4.14. The third kappa shape index (κ3) is 3.76. The van der Waals surface area contributed by atoms with Crippen LogP contribution in [0, 0.1) is 17.8 Å². The molecule has 1 heterocycles. The van der Waals surface area contributed by atoms with Crippen molar-refractivity contribution >= 4 is 0 Å². The highest BCUT2D eigenvalue weighted by molar-refractivity contribution is 5.48. The minimum atomic E-state index is -0.163. The maximum atomic E-state index is 9.53. The molecule has 114 valence electrons. The van der Waals surface area contributed by atoms with Crippen LogP contribution in [0.2, 0.25) is 0 Å². The summed E-state index contributed by atoms with van der Waals surface area (Å²) in [4.78, 5) is 2.32. The number of hydrogen-bond donors (Lipinski definition) is 2. The number of aliphatic hydroxyl groups excluding tert-OH is 2. The Morgan fingerprint density at radius 3 is 2.86 bits per heavy atom. The smallest absolute Gasteiger partial charge is 0.134 e. The Hall–Kier alpha value is -1.54. The fraction of sp³-hybridized carbons (Fsp3) is 0.529. The molecule has 0 amide bonds. The number of hydrogen-bond acceptors (Lipinski definition) is 4. The van der Waals surface area contributed by atoms with E-state index in [2.05, 4.69) is 23.7 Å². The molecular formula is C17H23NO3. The molecule has 1 aromatic rings. The molecule has 1 fully saturated rings. The van der Waals surface area contributed by atoms with Crippen LogP contribution in [0.1, 0.15) is 24.5 Å². The Morgan fingerprint density at radius 1 is 1.38 bits per heavy atom. The lowest BCUT2D eigenvalue weighted by molar-refractivity contribution is 0.134. The normalized spacial score (nSPS) is 21.9. The Kier molecular flexibility index (Phi) is 5.63. The first-order chi connectivity index (χ1) is 10.2. The first kappa shape index (κ1) is 15.8. The number of ether oxygens (including phenoxy) is 1. The summed E-state index contributed by atoms with van der Waals surface area (Å²) in [5.74, 6) is 6.82. The number of aliphatic hydroxyl groups is 2. The van der Waals surface area contributed by atoms with E-state index in [1.54, 1.807) is 7.11 Å². The zero-order valence-electron chi connectivity index (χ0n) is 12.7. The van der Waals surface area contributed by atoms with Crippen molar-refractivity contribution in [3.63, 3.8) is 0 Å².